The lowest BCUT2D eigenvalue weighted by Crippen LogP contribution is -2.15. The predicted molar refractivity (Wildman–Crippen MR) is 118 cm³/mol. The van der Waals surface area contributed by atoms with Gasteiger partial charge in [0.05, 0.1) is 0 Å². The molecular formula is C24H29N5O. The Bertz CT molecular complexity index is 1040. The molecule has 0 bridgehead atoms. The van der Waals surface area contributed by atoms with Crippen LogP contribution in [0.4, 0.5) is 5.69 Å². The number of nitrogens with zero attached hydrogens (tertiary/aromatic N) is 4. The van der Waals surface area contributed by atoms with E-state index in [-0.39, 0.29) is 11.8 Å². The van der Waals surface area contributed by atoms with E-state index in [2.05, 4.69) is 41.5 Å². The highest BCUT2D eigenvalue weighted by molar-refractivity contribution is 6.03. The standard InChI is InChI=1S/C24H29N5O/c1-4-6-17-11-12-21(27-23(17)18-9-10-18)24(30)26-20-8-5-7-19(14-20)16(2)13-22-28-25-15-29(22)3/h5,7-8,11-12,14-16,18H,4,6,9-10,13H2,1-3H3,(H,26,30)/t16-/m1/s1. The van der Waals surface area contributed by atoms with Gasteiger partial charge in [0, 0.05) is 30.8 Å². The third kappa shape index (κ3) is 4.58. The molecule has 1 saturated carbocycles. The number of aromatic nitrogens is 4. The molecular weight excluding hydrogens is 374 g/mol. The molecule has 0 unspecified atom stereocenters. The van der Waals surface area contributed by atoms with Gasteiger partial charge in [0.25, 0.3) is 5.91 Å². The van der Waals surface area contributed by atoms with Crippen molar-refractivity contribution < 1.29 is 4.79 Å². The molecule has 6 heteroatoms. The maximum Gasteiger partial charge on any atom is 0.274 e. The van der Waals surface area contributed by atoms with Crippen molar-refractivity contribution in [3.63, 3.8) is 0 Å². The summed E-state index contributed by atoms with van der Waals surface area (Å²) in [5.41, 5.74) is 4.84. The molecule has 2 aromatic heterocycles. The van der Waals surface area contributed by atoms with E-state index in [0.29, 0.717) is 11.6 Å². The van der Waals surface area contributed by atoms with Crippen molar-refractivity contribution in [2.24, 2.45) is 7.05 Å². The minimum atomic E-state index is -0.155. The minimum absolute atomic E-state index is 0.155. The summed E-state index contributed by atoms with van der Waals surface area (Å²) >= 11 is 0. The van der Waals surface area contributed by atoms with Crippen LogP contribution in [-0.2, 0) is 19.9 Å². The third-order valence-corrected chi connectivity index (χ3v) is 5.74. The summed E-state index contributed by atoms with van der Waals surface area (Å²) in [7, 11) is 1.95. The number of rotatable bonds is 8. The van der Waals surface area contributed by atoms with E-state index in [4.69, 9.17) is 4.98 Å². The van der Waals surface area contributed by atoms with Gasteiger partial charge in [-0.25, -0.2) is 4.98 Å². The largest absolute Gasteiger partial charge is 0.321 e. The molecule has 1 atom stereocenters. The van der Waals surface area contributed by atoms with Crippen LogP contribution in [0.2, 0.25) is 0 Å². The Hall–Kier alpha value is -3.02. The summed E-state index contributed by atoms with van der Waals surface area (Å²) < 4.78 is 1.94. The fourth-order valence-corrected chi connectivity index (χ4v) is 3.82. The van der Waals surface area contributed by atoms with Crippen LogP contribution in [0.5, 0.6) is 0 Å². The fraction of sp³-hybridized carbons (Fsp3) is 0.417. The van der Waals surface area contributed by atoms with Crippen molar-refractivity contribution in [2.45, 2.75) is 57.8 Å². The van der Waals surface area contributed by atoms with Crippen LogP contribution in [0.1, 0.15) is 78.1 Å². The van der Waals surface area contributed by atoms with Crippen LogP contribution in [0, 0.1) is 0 Å². The van der Waals surface area contributed by atoms with Crippen molar-refractivity contribution >= 4 is 11.6 Å². The molecule has 1 N–H and O–H groups in total. The molecule has 1 aliphatic carbocycles. The summed E-state index contributed by atoms with van der Waals surface area (Å²) in [4.78, 5) is 17.6. The quantitative estimate of drug-likeness (QED) is 0.595. The fourth-order valence-electron chi connectivity index (χ4n) is 3.82. The van der Waals surface area contributed by atoms with Crippen LogP contribution in [-0.4, -0.2) is 25.7 Å². The molecule has 4 rings (SSSR count). The second kappa shape index (κ2) is 8.78. The van der Waals surface area contributed by atoms with Crippen molar-refractivity contribution in [3.05, 3.63) is 71.1 Å². The van der Waals surface area contributed by atoms with Crippen LogP contribution in [0.15, 0.2) is 42.7 Å². The van der Waals surface area contributed by atoms with E-state index >= 15 is 0 Å². The molecule has 1 aromatic carbocycles. The monoisotopic (exact) mass is 403 g/mol. The highest BCUT2D eigenvalue weighted by Gasteiger charge is 2.28. The number of hydrogen-bond donors (Lipinski definition) is 1. The lowest BCUT2D eigenvalue weighted by Gasteiger charge is -2.14. The van der Waals surface area contributed by atoms with Gasteiger partial charge in [-0.1, -0.05) is 38.5 Å². The lowest BCUT2D eigenvalue weighted by atomic mass is 9.97. The number of nitrogens with one attached hydrogen (secondary N) is 1. The van der Waals surface area contributed by atoms with Crippen LogP contribution in [0.3, 0.4) is 0 Å². The zero-order valence-electron chi connectivity index (χ0n) is 17.9. The van der Waals surface area contributed by atoms with Gasteiger partial charge < -0.3 is 9.88 Å². The van der Waals surface area contributed by atoms with Gasteiger partial charge in [0.2, 0.25) is 0 Å². The van der Waals surface area contributed by atoms with Crippen LogP contribution < -0.4 is 5.32 Å². The molecule has 1 fully saturated rings. The Labute approximate surface area is 177 Å². The molecule has 0 radical (unpaired) electrons. The van der Waals surface area contributed by atoms with Gasteiger partial charge in [0.1, 0.15) is 17.8 Å². The normalized spacial score (nSPS) is 14.5. The highest BCUT2D eigenvalue weighted by Crippen LogP contribution is 2.41. The molecule has 156 valence electrons. The first-order valence-corrected chi connectivity index (χ1v) is 10.8. The van der Waals surface area contributed by atoms with Crippen LogP contribution in [0.25, 0.3) is 0 Å². The summed E-state index contributed by atoms with van der Waals surface area (Å²) in [5.74, 6) is 1.58. The molecule has 3 aromatic rings. The first kappa shape index (κ1) is 20.3. The number of carbonyl (C=O) groups is 1. The van der Waals surface area contributed by atoms with Crippen molar-refractivity contribution in [3.8, 4) is 0 Å². The maximum absolute atomic E-state index is 12.9. The minimum Gasteiger partial charge on any atom is -0.321 e. The molecule has 1 aliphatic rings. The third-order valence-electron chi connectivity index (χ3n) is 5.74. The average Bonchev–Trinajstić information content (AvgIpc) is 3.51. The van der Waals surface area contributed by atoms with Gasteiger partial charge in [-0.2, -0.15) is 0 Å². The van der Waals surface area contributed by atoms with E-state index in [1.54, 1.807) is 6.33 Å². The van der Waals surface area contributed by atoms with E-state index in [1.165, 1.54) is 18.4 Å². The number of pyridine rings is 1. The topological polar surface area (TPSA) is 72.7 Å². The zero-order valence-corrected chi connectivity index (χ0v) is 17.9. The van der Waals surface area contributed by atoms with Crippen molar-refractivity contribution in [1.29, 1.82) is 0 Å². The first-order valence-electron chi connectivity index (χ1n) is 10.8. The van der Waals surface area contributed by atoms with Crippen LogP contribution >= 0.6 is 0 Å². The van der Waals surface area contributed by atoms with Gasteiger partial charge in [0.15, 0.2) is 0 Å². The van der Waals surface area contributed by atoms with E-state index in [0.717, 1.165) is 42.0 Å². The highest BCUT2D eigenvalue weighted by atomic mass is 16.1. The summed E-state index contributed by atoms with van der Waals surface area (Å²) in [6, 6.07) is 12.0. The Morgan fingerprint density at radius 2 is 2.10 bits per heavy atom. The molecule has 0 saturated heterocycles. The summed E-state index contributed by atoms with van der Waals surface area (Å²) in [6.07, 6.45) is 6.98. The number of anilines is 1. The van der Waals surface area contributed by atoms with Gasteiger partial charge in [-0.15, -0.1) is 10.2 Å². The number of aryl methyl sites for hydroxylation is 2. The Morgan fingerprint density at radius 3 is 2.80 bits per heavy atom. The van der Waals surface area contributed by atoms with E-state index in [9.17, 15) is 4.79 Å². The Kier molecular flexibility index (Phi) is 5.93. The molecule has 6 nitrogen and oxygen atoms in total. The molecule has 0 spiro atoms. The SMILES string of the molecule is CCCc1ccc(C(=O)Nc2cccc([C@H](C)Cc3nncn3C)c2)nc1C1CC1. The van der Waals surface area contributed by atoms with Gasteiger partial charge >= 0.3 is 0 Å². The molecule has 30 heavy (non-hydrogen) atoms. The number of hydrogen-bond acceptors (Lipinski definition) is 4. The Balaban J connectivity index is 1.48. The Morgan fingerprint density at radius 1 is 1.27 bits per heavy atom. The summed E-state index contributed by atoms with van der Waals surface area (Å²) in [5, 5.41) is 11.2. The number of carbonyl (C=O) groups excluding carboxylic acids is 1. The smallest absolute Gasteiger partial charge is 0.274 e. The molecule has 0 aliphatic heterocycles. The summed E-state index contributed by atoms with van der Waals surface area (Å²) in [6.45, 7) is 4.33. The molecule has 1 amide bonds. The number of amides is 1. The second-order valence-electron chi connectivity index (χ2n) is 8.31. The van der Waals surface area contributed by atoms with E-state index < -0.39 is 0 Å². The average molecular weight is 404 g/mol. The maximum atomic E-state index is 12.9. The van der Waals surface area contributed by atoms with Gasteiger partial charge in [-0.3, -0.25) is 4.79 Å². The second-order valence-corrected chi connectivity index (χ2v) is 8.31. The van der Waals surface area contributed by atoms with E-state index in [1.807, 2.05) is 35.9 Å². The zero-order chi connectivity index (χ0) is 21.1. The van der Waals surface area contributed by atoms with Crippen molar-refractivity contribution in [2.75, 3.05) is 5.32 Å². The predicted octanol–water partition coefficient (Wildman–Crippen LogP) is 4.64. The van der Waals surface area contributed by atoms with Gasteiger partial charge in [-0.05, 0) is 54.5 Å². The van der Waals surface area contributed by atoms with Crippen molar-refractivity contribution in [1.82, 2.24) is 19.7 Å². The lowest BCUT2D eigenvalue weighted by molar-refractivity contribution is 0.102. The first-order chi connectivity index (χ1) is 14.5. The number of benzene rings is 1. The molecule has 2 heterocycles.